The van der Waals surface area contributed by atoms with Crippen LogP contribution >= 0.6 is 34.0 Å². The van der Waals surface area contributed by atoms with Crippen LogP contribution in [-0.2, 0) is 80.1 Å². The maximum atomic E-state index is 10.0. The third kappa shape index (κ3) is 26.1. The first kappa shape index (κ1) is 88.6. The first-order valence-corrected chi connectivity index (χ1v) is 36.0. The van der Waals surface area contributed by atoms with Crippen molar-refractivity contribution in [1.29, 1.82) is 0 Å². The van der Waals surface area contributed by atoms with E-state index in [9.17, 15) is 14.4 Å². The van der Waals surface area contributed by atoms with Crippen LogP contribution in [0, 0.1) is 108 Å². The van der Waals surface area contributed by atoms with Gasteiger partial charge in [0.25, 0.3) is 0 Å². The molecule has 3 N–H and O–H groups in total. The number of aryl methyl sites for hydroxylation is 13. The number of hydrogen-bond acceptors (Lipinski definition) is 12. The van der Waals surface area contributed by atoms with Gasteiger partial charge in [0.15, 0.2) is 17.3 Å². The fourth-order valence-electron chi connectivity index (χ4n) is 12.1. The number of nitrogens with zero attached hydrogens (tertiary/aromatic N) is 3. The topological polar surface area (TPSA) is 151 Å². The van der Waals surface area contributed by atoms with Crippen LogP contribution in [0.2, 0.25) is 0 Å². The number of aromatic nitrogens is 3. The zero-order chi connectivity index (χ0) is 74.5. The molecule has 12 rings (SSSR count). The fraction of sp³-hybridized carbons (Fsp3) is 0.258. The van der Waals surface area contributed by atoms with E-state index in [-0.39, 0.29) is 100 Å². The number of ketones is 3. The Bertz CT molecular complexity index is 4900. The predicted octanol–water partition coefficient (Wildman–Crippen LogP) is 24.7. The molecule has 0 bridgehead atoms. The van der Waals surface area contributed by atoms with Crippen molar-refractivity contribution >= 4 is 82.0 Å². The molecule has 0 saturated heterocycles. The van der Waals surface area contributed by atoms with Crippen molar-refractivity contribution in [2.45, 2.75) is 158 Å². The Morgan fingerprint density at radius 2 is 0.625 bits per heavy atom. The molecule has 549 valence electrons. The molecular formula is C89H94Ir3N3O6S3-3. The summed E-state index contributed by atoms with van der Waals surface area (Å²) in [4.78, 5) is 48.7. The van der Waals surface area contributed by atoms with E-state index in [4.69, 9.17) is 30.3 Å². The third-order valence-electron chi connectivity index (χ3n) is 15.7. The molecule has 104 heavy (non-hydrogen) atoms. The van der Waals surface area contributed by atoms with Gasteiger partial charge in [-0.25, -0.2) is 0 Å². The normalized spacial score (nSPS) is 11.2. The number of aliphatic hydroxyl groups excluding tert-OH is 3. The molecule has 6 aromatic carbocycles. The van der Waals surface area contributed by atoms with Crippen molar-refractivity contribution in [3.8, 4) is 65.1 Å². The van der Waals surface area contributed by atoms with Crippen molar-refractivity contribution in [3.63, 3.8) is 0 Å². The molecule has 0 atom stereocenters. The number of thiophene rings is 3. The van der Waals surface area contributed by atoms with Gasteiger partial charge in [-0.1, -0.05) is 140 Å². The van der Waals surface area contributed by atoms with E-state index in [1.54, 1.807) is 11.3 Å². The molecule has 0 amide bonds. The summed E-state index contributed by atoms with van der Waals surface area (Å²) in [6.07, 6.45) is 3.50. The van der Waals surface area contributed by atoms with Crippen LogP contribution < -0.4 is 0 Å². The van der Waals surface area contributed by atoms with Crippen LogP contribution in [-0.4, -0.2) is 47.6 Å². The second kappa shape index (κ2) is 39.5. The molecule has 9 nitrogen and oxygen atoms in total. The number of carbonyl (C=O) groups excluding carboxylic acids is 3. The smallest absolute Gasteiger partial charge is 0.155 e. The van der Waals surface area contributed by atoms with Crippen LogP contribution in [0.15, 0.2) is 169 Å². The maximum absolute atomic E-state index is 10.0. The first-order chi connectivity index (χ1) is 47.4. The summed E-state index contributed by atoms with van der Waals surface area (Å²) in [6.45, 7) is 43.3. The first-order valence-electron chi connectivity index (χ1n) is 33.6. The van der Waals surface area contributed by atoms with Gasteiger partial charge in [0.2, 0.25) is 0 Å². The van der Waals surface area contributed by atoms with E-state index in [0.29, 0.717) is 0 Å². The van der Waals surface area contributed by atoms with E-state index in [0.717, 1.165) is 67.0 Å². The Balaban J connectivity index is 0.000000286. The van der Waals surface area contributed by atoms with Gasteiger partial charge in [0, 0.05) is 93.2 Å². The maximum Gasteiger partial charge on any atom is 0.155 e. The molecule has 0 spiro atoms. The largest absolute Gasteiger partial charge is 0.512 e. The summed E-state index contributed by atoms with van der Waals surface area (Å²) in [5.41, 5.74) is 31.3. The van der Waals surface area contributed by atoms with Gasteiger partial charge in [0.05, 0.1) is 47.9 Å². The summed E-state index contributed by atoms with van der Waals surface area (Å²) < 4.78 is 3.68. The second-order valence-corrected chi connectivity index (χ2v) is 30.7. The van der Waals surface area contributed by atoms with Crippen molar-refractivity contribution in [2.24, 2.45) is 0 Å². The fourth-order valence-corrected chi connectivity index (χ4v) is 15.4. The summed E-state index contributed by atoms with van der Waals surface area (Å²) in [7, 11) is 0. The van der Waals surface area contributed by atoms with Crippen LogP contribution in [0.3, 0.4) is 0 Å². The van der Waals surface area contributed by atoms with Gasteiger partial charge in [-0.3, -0.25) is 29.3 Å². The average Bonchev–Trinajstić information content (AvgIpc) is 1.74. The molecule has 0 fully saturated rings. The predicted molar refractivity (Wildman–Crippen MR) is 429 cm³/mol. The molecule has 6 aromatic heterocycles. The molecule has 3 radical (unpaired) electrons. The molecular weight excluding hydrogens is 1880 g/mol. The van der Waals surface area contributed by atoms with Crippen molar-refractivity contribution in [1.82, 2.24) is 15.0 Å². The Kier molecular flexibility index (Phi) is 33.7. The van der Waals surface area contributed by atoms with E-state index in [1.165, 1.54) is 166 Å². The minimum atomic E-state index is -0.125. The Hall–Kier alpha value is -7.77. The SMILES string of the molecule is CC(=O)C=C(C)O.CC(=O)C=C(C)O.CC(=O)C=C(C)O.Cc1[c-]c(-c2ccc3sc(-c4c(C)cc(C(C)(C)C)cc4C)cc3n2)cc(C)c1.Cc1[c-]c(-c2ccc3sc(-c4c(C)cc(C)cc4C)cc3n2)cc(C)c1.Cc1[c-]c(-c2ccc3sc(-c4cc(C)cc(C)c4)cc3n2)cc(C)c1.[Ir].[Ir].[Ir]. The van der Waals surface area contributed by atoms with Gasteiger partial charge >= 0.3 is 0 Å². The molecule has 0 unspecified atom stereocenters. The molecule has 0 saturated carbocycles. The van der Waals surface area contributed by atoms with E-state index >= 15 is 0 Å². The number of fused-ring (bicyclic) bond motifs is 3. The van der Waals surface area contributed by atoms with Gasteiger partial charge in [0.1, 0.15) is 0 Å². The van der Waals surface area contributed by atoms with Crippen molar-refractivity contribution in [3.05, 3.63) is 265 Å². The standard InChI is InChI=1S/C27H28NS.C24H22NS.C23H20NS.3C5H8O2.3Ir/c1-16-10-17(2)12-20(11-16)22-8-9-24-23(28-22)15-25(29-24)26-18(3)13-21(14-19(26)4)27(5,6)7;1-14-8-15(2)12-19(11-14)20-6-7-22-21(25-20)13-23(26-22)24-17(4)9-16(3)10-18(24)5;1-14-7-15(2)10-18(9-14)20-5-6-22-21(24-20)13-23(25-22)19-11-16(3)8-17(4)12-19;3*1-4(6)3-5(2)7;;;/h8-11,13-15H,1-7H3;6-11,13H,1-5H3;5-9,11-13H,1-4H3;3*3,6H,1-2H3;;;/q3*-1;;;;;;. The second-order valence-electron chi connectivity index (χ2n) is 27.4. The van der Waals surface area contributed by atoms with Crippen LogP contribution in [0.5, 0.6) is 0 Å². The number of rotatable bonds is 9. The van der Waals surface area contributed by atoms with Crippen LogP contribution in [0.25, 0.3) is 95.7 Å². The van der Waals surface area contributed by atoms with Gasteiger partial charge < -0.3 is 15.3 Å². The number of allylic oxidation sites excluding steroid dienone is 6. The van der Waals surface area contributed by atoms with E-state index in [2.05, 4.69) is 262 Å². The average molecular weight is 1970 g/mol. The van der Waals surface area contributed by atoms with Gasteiger partial charge in [-0.05, 0) is 193 Å². The Labute approximate surface area is 668 Å². The number of pyridine rings is 3. The van der Waals surface area contributed by atoms with Crippen molar-refractivity contribution in [2.75, 3.05) is 0 Å². The third-order valence-corrected chi connectivity index (χ3v) is 19.1. The number of benzene rings is 6. The molecule has 0 aliphatic carbocycles. The number of aliphatic hydroxyl groups is 3. The number of carbonyl (C=O) groups is 3. The van der Waals surface area contributed by atoms with Crippen LogP contribution in [0.4, 0.5) is 0 Å². The molecule has 0 aliphatic heterocycles. The van der Waals surface area contributed by atoms with Gasteiger partial charge in [-0.2, -0.15) is 0 Å². The monoisotopic (exact) mass is 1980 g/mol. The molecule has 12 aromatic rings. The number of hydrogen-bond donors (Lipinski definition) is 3. The van der Waals surface area contributed by atoms with E-state index in [1.807, 2.05) is 22.7 Å². The quantitative estimate of drug-likeness (QED) is 0.0729. The zero-order valence-corrected chi connectivity index (χ0v) is 73.2. The van der Waals surface area contributed by atoms with E-state index < -0.39 is 0 Å². The minimum absolute atomic E-state index is 0. The summed E-state index contributed by atoms with van der Waals surface area (Å²) >= 11 is 5.46. The van der Waals surface area contributed by atoms with Crippen molar-refractivity contribution < 1.29 is 90.0 Å². The molecule has 0 aliphatic rings. The Morgan fingerprint density at radius 1 is 0.356 bits per heavy atom. The summed E-state index contributed by atoms with van der Waals surface area (Å²) in [5.74, 6) is -0.187. The Morgan fingerprint density at radius 3 is 0.894 bits per heavy atom. The molecule has 15 heteroatoms. The molecule has 6 heterocycles. The summed E-state index contributed by atoms with van der Waals surface area (Å²) in [5, 5.41) is 25.1. The van der Waals surface area contributed by atoms with Crippen LogP contribution in [0.1, 0.15) is 140 Å². The van der Waals surface area contributed by atoms with Gasteiger partial charge in [-0.15, -0.1) is 139 Å². The minimum Gasteiger partial charge on any atom is -0.512 e. The summed E-state index contributed by atoms with van der Waals surface area (Å²) in [6, 6.07) is 58.7. The zero-order valence-electron chi connectivity index (χ0n) is 63.6.